The third-order valence-corrected chi connectivity index (χ3v) is 3.56. The van der Waals surface area contributed by atoms with Crippen molar-refractivity contribution in [1.29, 1.82) is 0 Å². The Hall–Kier alpha value is -1.31. The van der Waals surface area contributed by atoms with Crippen molar-refractivity contribution in [3.05, 3.63) is 28.8 Å². The van der Waals surface area contributed by atoms with Crippen LogP contribution in [0.1, 0.15) is 73.9 Å². The molecule has 0 fully saturated rings. The lowest BCUT2D eigenvalue weighted by molar-refractivity contribution is 0.101. The second kappa shape index (κ2) is 7.98. The van der Waals surface area contributed by atoms with E-state index >= 15 is 0 Å². The molecule has 1 aromatic carbocycles. The van der Waals surface area contributed by atoms with E-state index in [1.807, 2.05) is 19.1 Å². The third-order valence-electron chi connectivity index (χ3n) is 3.56. The van der Waals surface area contributed by atoms with Crippen LogP contribution in [0.2, 0.25) is 0 Å². The van der Waals surface area contributed by atoms with Gasteiger partial charge in [-0.15, -0.1) is 0 Å². The Morgan fingerprint density at radius 2 is 1.74 bits per heavy atom. The zero-order valence-corrected chi connectivity index (χ0v) is 12.5. The van der Waals surface area contributed by atoms with Crippen LogP contribution in [0.25, 0.3) is 0 Å². The number of unbranched alkanes of at least 4 members (excludes halogenated alkanes) is 5. The highest BCUT2D eigenvalue weighted by Gasteiger charge is 2.10. The normalized spacial score (nSPS) is 10.7. The van der Waals surface area contributed by atoms with Crippen LogP contribution in [-0.2, 0) is 6.42 Å². The molecule has 2 nitrogen and oxygen atoms in total. The number of Topliss-reactive ketones (excluding diaryl/α,β-unsaturated/α-hetero) is 1. The van der Waals surface area contributed by atoms with E-state index in [1.165, 1.54) is 39.0 Å². The van der Waals surface area contributed by atoms with Gasteiger partial charge >= 0.3 is 0 Å². The van der Waals surface area contributed by atoms with E-state index in [9.17, 15) is 9.90 Å². The van der Waals surface area contributed by atoms with E-state index < -0.39 is 0 Å². The zero-order chi connectivity index (χ0) is 14.3. The molecule has 0 radical (unpaired) electrons. The minimum absolute atomic E-state index is 0.0644. The van der Waals surface area contributed by atoms with Gasteiger partial charge in [-0.05, 0) is 43.9 Å². The molecule has 0 heterocycles. The summed E-state index contributed by atoms with van der Waals surface area (Å²) >= 11 is 0. The van der Waals surface area contributed by atoms with E-state index in [0.717, 1.165) is 24.0 Å². The molecule has 0 aromatic heterocycles. The van der Waals surface area contributed by atoms with Gasteiger partial charge < -0.3 is 5.11 Å². The number of hydrogen-bond acceptors (Lipinski definition) is 2. The molecule has 0 aliphatic carbocycles. The largest absolute Gasteiger partial charge is 0.507 e. The van der Waals surface area contributed by atoms with Crippen molar-refractivity contribution >= 4 is 5.78 Å². The molecule has 0 saturated heterocycles. The van der Waals surface area contributed by atoms with Gasteiger partial charge in [0.15, 0.2) is 5.78 Å². The first-order valence-electron chi connectivity index (χ1n) is 7.39. The number of rotatable bonds is 8. The number of aromatic hydroxyl groups is 1. The summed E-state index contributed by atoms with van der Waals surface area (Å²) in [4.78, 5) is 11.5. The van der Waals surface area contributed by atoms with Crippen molar-refractivity contribution in [2.75, 3.05) is 0 Å². The summed E-state index contributed by atoms with van der Waals surface area (Å²) in [7, 11) is 0. The Labute approximate surface area is 116 Å². The number of phenolic OH excluding ortho intramolecular Hbond substituents is 1. The Balaban J connectivity index is 2.52. The van der Waals surface area contributed by atoms with Gasteiger partial charge in [-0.3, -0.25) is 4.79 Å². The van der Waals surface area contributed by atoms with Crippen LogP contribution in [0.3, 0.4) is 0 Å². The molecular weight excluding hydrogens is 236 g/mol. The summed E-state index contributed by atoms with van der Waals surface area (Å²) in [6, 6.07) is 3.84. The monoisotopic (exact) mass is 262 g/mol. The molecule has 0 atom stereocenters. The summed E-state index contributed by atoms with van der Waals surface area (Å²) in [5.74, 6) is 0.0737. The maximum atomic E-state index is 11.5. The maximum absolute atomic E-state index is 11.5. The highest BCUT2D eigenvalue weighted by Crippen LogP contribution is 2.25. The summed E-state index contributed by atoms with van der Waals surface area (Å²) < 4.78 is 0. The highest BCUT2D eigenvalue weighted by molar-refractivity contribution is 5.97. The number of hydrogen-bond donors (Lipinski definition) is 1. The Morgan fingerprint density at radius 1 is 1.11 bits per heavy atom. The fourth-order valence-corrected chi connectivity index (χ4v) is 2.38. The predicted molar refractivity (Wildman–Crippen MR) is 79.9 cm³/mol. The Kier molecular flexibility index (Phi) is 6.61. The number of phenols is 1. The fourth-order valence-electron chi connectivity index (χ4n) is 2.38. The molecular formula is C17H26O2. The number of ketones is 1. The second-order valence-electron chi connectivity index (χ2n) is 5.38. The average molecular weight is 262 g/mol. The summed E-state index contributed by atoms with van der Waals surface area (Å²) in [6.07, 6.45) is 8.62. The van der Waals surface area contributed by atoms with Crippen LogP contribution in [0.4, 0.5) is 0 Å². The van der Waals surface area contributed by atoms with E-state index in [0.29, 0.717) is 5.56 Å². The predicted octanol–water partition coefficient (Wildman–Crippen LogP) is 4.81. The lowest BCUT2D eigenvalue weighted by Gasteiger charge is -2.09. The van der Waals surface area contributed by atoms with E-state index in [1.54, 1.807) is 0 Å². The SMILES string of the molecule is CCCCCCCCc1cc(C)c(O)c(C(C)=O)c1. The Bertz CT molecular complexity index is 422. The molecule has 0 spiro atoms. The molecule has 0 saturated carbocycles. The Morgan fingerprint density at radius 3 is 2.37 bits per heavy atom. The average Bonchev–Trinajstić information content (AvgIpc) is 2.37. The van der Waals surface area contributed by atoms with Crippen LogP contribution in [-0.4, -0.2) is 10.9 Å². The maximum Gasteiger partial charge on any atom is 0.163 e. The molecule has 2 heteroatoms. The number of carbonyl (C=O) groups is 1. The third kappa shape index (κ3) is 5.06. The second-order valence-corrected chi connectivity index (χ2v) is 5.38. The van der Waals surface area contributed by atoms with E-state index in [-0.39, 0.29) is 11.5 Å². The lowest BCUT2D eigenvalue weighted by atomic mass is 9.98. The topological polar surface area (TPSA) is 37.3 Å². The fraction of sp³-hybridized carbons (Fsp3) is 0.588. The minimum Gasteiger partial charge on any atom is -0.507 e. The summed E-state index contributed by atoms with van der Waals surface area (Å²) in [5, 5.41) is 9.84. The van der Waals surface area contributed by atoms with Gasteiger partial charge in [0.1, 0.15) is 5.75 Å². The summed E-state index contributed by atoms with van der Waals surface area (Å²) in [5.41, 5.74) is 2.42. The van der Waals surface area contributed by atoms with Gasteiger partial charge in [-0.25, -0.2) is 0 Å². The number of aryl methyl sites for hydroxylation is 2. The lowest BCUT2D eigenvalue weighted by Crippen LogP contribution is -1.97. The standard InChI is InChI=1S/C17H26O2/c1-4-5-6-7-8-9-10-15-11-13(2)17(19)16(12-15)14(3)18/h11-12,19H,4-10H2,1-3H3. The van der Waals surface area contributed by atoms with Crippen molar-refractivity contribution in [3.63, 3.8) is 0 Å². The number of benzene rings is 1. The quantitative estimate of drug-likeness (QED) is 0.539. The smallest absolute Gasteiger partial charge is 0.163 e. The van der Waals surface area contributed by atoms with Crippen LogP contribution < -0.4 is 0 Å². The number of carbonyl (C=O) groups excluding carboxylic acids is 1. The van der Waals surface area contributed by atoms with Gasteiger partial charge in [0.05, 0.1) is 5.56 Å². The molecule has 0 amide bonds. The van der Waals surface area contributed by atoms with Crippen molar-refractivity contribution in [2.24, 2.45) is 0 Å². The van der Waals surface area contributed by atoms with Gasteiger partial charge in [0.25, 0.3) is 0 Å². The van der Waals surface area contributed by atoms with Crippen molar-refractivity contribution in [3.8, 4) is 5.75 Å². The van der Waals surface area contributed by atoms with E-state index in [2.05, 4.69) is 6.92 Å². The minimum atomic E-state index is -0.0644. The van der Waals surface area contributed by atoms with Gasteiger partial charge in [0, 0.05) is 0 Å². The molecule has 0 bridgehead atoms. The molecule has 0 aliphatic heterocycles. The molecule has 19 heavy (non-hydrogen) atoms. The van der Waals surface area contributed by atoms with Crippen LogP contribution >= 0.6 is 0 Å². The van der Waals surface area contributed by atoms with Crippen LogP contribution in [0.5, 0.6) is 5.75 Å². The first-order chi connectivity index (χ1) is 9.06. The van der Waals surface area contributed by atoms with Gasteiger partial charge in [-0.2, -0.15) is 0 Å². The first kappa shape index (κ1) is 15.7. The first-order valence-corrected chi connectivity index (χ1v) is 7.39. The summed E-state index contributed by atoms with van der Waals surface area (Å²) in [6.45, 7) is 5.58. The molecule has 1 rings (SSSR count). The molecule has 0 unspecified atom stereocenters. The highest BCUT2D eigenvalue weighted by atomic mass is 16.3. The molecule has 1 N–H and O–H groups in total. The van der Waals surface area contributed by atoms with Gasteiger partial charge in [0.2, 0.25) is 0 Å². The van der Waals surface area contributed by atoms with Crippen LogP contribution in [0, 0.1) is 6.92 Å². The van der Waals surface area contributed by atoms with Crippen LogP contribution in [0.15, 0.2) is 12.1 Å². The van der Waals surface area contributed by atoms with Gasteiger partial charge in [-0.1, -0.05) is 45.1 Å². The molecule has 106 valence electrons. The molecule has 1 aromatic rings. The van der Waals surface area contributed by atoms with Crippen molar-refractivity contribution in [1.82, 2.24) is 0 Å². The molecule has 0 aliphatic rings. The van der Waals surface area contributed by atoms with Crippen molar-refractivity contribution < 1.29 is 9.90 Å². The van der Waals surface area contributed by atoms with Crippen molar-refractivity contribution in [2.45, 2.75) is 65.7 Å². The zero-order valence-electron chi connectivity index (χ0n) is 12.5. The van der Waals surface area contributed by atoms with E-state index in [4.69, 9.17) is 0 Å².